The molecule has 0 fully saturated rings. The molecule has 0 radical (unpaired) electrons. The van der Waals surface area contributed by atoms with Gasteiger partial charge in [0.2, 0.25) is 0 Å². The van der Waals surface area contributed by atoms with Crippen LogP contribution in [0.2, 0.25) is 0 Å². The zero-order chi connectivity index (χ0) is 18.6. The lowest BCUT2D eigenvalue weighted by atomic mass is 10.1. The van der Waals surface area contributed by atoms with Gasteiger partial charge in [-0.05, 0) is 36.6 Å². The third kappa shape index (κ3) is 4.09. The molecule has 4 rings (SSSR count). The van der Waals surface area contributed by atoms with Crippen molar-refractivity contribution in [2.24, 2.45) is 0 Å². The molecule has 1 N–H and O–H groups in total. The molecule has 0 bridgehead atoms. The molecule has 0 spiro atoms. The van der Waals surface area contributed by atoms with Gasteiger partial charge < -0.3 is 10.1 Å². The minimum Gasteiger partial charge on any atom is -0.370 e. The van der Waals surface area contributed by atoms with E-state index in [1.807, 2.05) is 54.1 Å². The first-order chi connectivity index (χ1) is 13.2. The minimum atomic E-state index is -0.209. The highest BCUT2D eigenvalue weighted by Gasteiger charge is 2.25. The Hall–Kier alpha value is -2.92. The van der Waals surface area contributed by atoms with Gasteiger partial charge in [-0.3, -0.25) is 9.48 Å². The summed E-state index contributed by atoms with van der Waals surface area (Å²) in [6.45, 7) is 3.78. The molecule has 2 heterocycles. The fraction of sp³-hybridized carbons (Fsp3) is 0.273. The Morgan fingerprint density at radius 2 is 2.07 bits per heavy atom. The van der Waals surface area contributed by atoms with Crippen molar-refractivity contribution >= 4 is 5.91 Å². The van der Waals surface area contributed by atoms with Gasteiger partial charge in [0.15, 0.2) is 0 Å². The smallest absolute Gasteiger partial charge is 0.251 e. The second-order valence-electron chi connectivity index (χ2n) is 6.91. The first kappa shape index (κ1) is 17.5. The molecule has 0 aliphatic carbocycles. The molecule has 2 aromatic carbocycles. The average molecular weight is 361 g/mol. The van der Waals surface area contributed by atoms with Crippen LogP contribution < -0.4 is 5.32 Å². The van der Waals surface area contributed by atoms with E-state index in [0.717, 1.165) is 24.2 Å². The molecule has 5 nitrogen and oxygen atoms in total. The summed E-state index contributed by atoms with van der Waals surface area (Å²) < 4.78 is 7.85. The summed E-state index contributed by atoms with van der Waals surface area (Å²) in [4.78, 5) is 12.4. The van der Waals surface area contributed by atoms with Gasteiger partial charge in [0.25, 0.3) is 5.91 Å². The van der Waals surface area contributed by atoms with Crippen LogP contribution in [0.4, 0.5) is 0 Å². The molecule has 5 heteroatoms. The van der Waals surface area contributed by atoms with Crippen molar-refractivity contribution in [3.05, 3.63) is 88.7 Å². The average Bonchev–Trinajstić information content (AvgIpc) is 3.10. The monoisotopic (exact) mass is 361 g/mol. The number of carbonyl (C=O) groups is 1. The first-order valence-electron chi connectivity index (χ1n) is 9.25. The summed E-state index contributed by atoms with van der Waals surface area (Å²) in [6, 6.07) is 17.8. The summed E-state index contributed by atoms with van der Waals surface area (Å²) in [5.74, 6) is -0.0851. The van der Waals surface area contributed by atoms with Crippen molar-refractivity contribution in [1.29, 1.82) is 0 Å². The summed E-state index contributed by atoms with van der Waals surface area (Å²) in [7, 11) is 0. The molecule has 1 aliphatic heterocycles. The van der Waals surface area contributed by atoms with Crippen LogP contribution in [0.25, 0.3) is 0 Å². The van der Waals surface area contributed by atoms with Crippen molar-refractivity contribution in [2.45, 2.75) is 26.0 Å². The summed E-state index contributed by atoms with van der Waals surface area (Å²) >= 11 is 0. The van der Waals surface area contributed by atoms with E-state index in [-0.39, 0.29) is 12.0 Å². The Bertz CT molecular complexity index is 934. The molecule has 1 aliphatic rings. The summed E-state index contributed by atoms with van der Waals surface area (Å²) in [5, 5.41) is 7.72. The summed E-state index contributed by atoms with van der Waals surface area (Å²) in [6.07, 6.45) is 2.74. The van der Waals surface area contributed by atoms with E-state index >= 15 is 0 Å². The van der Waals surface area contributed by atoms with Gasteiger partial charge >= 0.3 is 0 Å². The van der Waals surface area contributed by atoms with Crippen LogP contribution in [0.15, 0.2) is 60.8 Å². The number of aryl methyl sites for hydroxylation is 1. The number of ether oxygens (including phenoxy) is 1. The molecule has 1 unspecified atom stereocenters. The maximum atomic E-state index is 12.4. The van der Waals surface area contributed by atoms with Gasteiger partial charge in [0, 0.05) is 18.3 Å². The van der Waals surface area contributed by atoms with Gasteiger partial charge in [-0.25, -0.2) is 0 Å². The van der Waals surface area contributed by atoms with Crippen LogP contribution in [-0.2, 0) is 17.7 Å². The van der Waals surface area contributed by atoms with Gasteiger partial charge in [-0.1, -0.05) is 48.0 Å². The van der Waals surface area contributed by atoms with E-state index in [4.69, 9.17) is 9.84 Å². The Labute approximate surface area is 159 Å². The lowest BCUT2D eigenvalue weighted by Gasteiger charge is -2.22. The molecule has 3 aromatic rings. The second kappa shape index (κ2) is 7.76. The molecular formula is C22H23N3O2. The van der Waals surface area contributed by atoms with Crippen LogP contribution in [-0.4, -0.2) is 28.8 Å². The van der Waals surface area contributed by atoms with Crippen molar-refractivity contribution in [1.82, 2.24) is 15.1 Å². The van der Waals surface area contributed by atoms with E-state index in [0.29, 0.717) is 18.7 Å². The molecule has 27 heavy (non-hydrogen) atoms. The van der Waals surface area contributed by atoms with Gasteiger partial charge in [0.05, 0.1) is 18.8 Å². The molecule has 1 atom stereocenters. The largest absolute Gasteiger partial charge is 0.370 e. The predicted molar refractivity (Wildman–Crippen MR) is 104 cm³/mol. The molecule has 1 aromatic heterocycles. The standard InChI is InChI=1S/C22H23N3O2/c1-16-6-5-9-18(12-16)22(26)23-13-20-21-19(10-11-27-20)15-25(24-21)14-17-7-3-2-4-8-17/h2-9,12,15,20H,10-11,13-14H2,1H3,(H,23,26). The Morgan fingerprint density at radius 1 is 1.22 bits per heavy atom. The van der Waals surface area contributed by atoms with Gasteiger partial charge in [-0.2, -0.15) is 5.10 Å². The fourth-order valence-electron chi connectivity index (χ4n) is 3.41. The van der Waals surface area contributed by atoms with Gasteiger partial charge in [-0.15, -0.1) is 0 Å². The number of hydrogen-bond donors (Lipinski definition) is 1. The van der Waals surface area contributed by atoms with Crippen LogP contribution in [0.3, 0.4) is 0 Å². The lowest BCUT2D eigenvalue weighted by Crippen LogP contribution is -2.32. The third-order valence-corrected chi connectivity index (χ3v) is 4.78. The topological polar surface area (TPSA) is 56.1 Å². The van der Waals surface area contributed by atoms with E-state index in [2.05, 4.69) is 23.6 Å². The minimum absolute atomic E-state index is 0.0851. The maximum Gasteiger partial charge on any atom is 0.251 e. The number of fused-ring (bicyclic) bond motifs is 1. The van der Waals surface area contributed by atoms with E-state index in [9.17, 15) is 4.79 Å². The van der Waals surface area contributed by atoms with Crippen molar-refractivity contribution in [3.63, 3.8) is 0 Å². The summed E-state index contributed by atoms with van der Waals surface area (Å²) in [5.41, 5.74) is 5.08. The fourth-order valence-corrected chi connectivity index (χ4v) is 3.41. The first-order valence-corrected chi connectivity index (χ1v) is 9.25. The third-order valence-electron chi connectivity index (χ3n) is 4.78. The second-order valence-corrected chi connectivity index (χ2v) is 6.91. The van der Waals surface area contributed by atoms with Crippen molar-refractivity contribution in [2.75, 3.05) is 13.2 Å². The Kier molecular flexibility index (Phi) is 5.03. The van der Waals surface area contributed by atoms with Crippen molar-refractivity contribution in [3.8, 4) is 0 Å². The van der Waals surface area contributed by atoms with E-state index < -0.39 is 0 Å². The highest BCUT2D eigenvalue weighted by atomic mass is 16.5. The normalized spacial score (nSPS) is 16.0. The molecule has 0 saturated carbocycles. The number of nitrogens with one attached hydrogen (secondary N) is 1. The Morgan fingerprint density at radius 3 is 2.89 bits per heavy atom. The number of benzene rings is 2. The zero-order valence-corrected chi connectivity index (χ0v) is 15.4. The van der Waals surface area contributed by atoms with Crippen LogP contribution in [0.5, 0.6) is 0 Å². The molecule has 0 saturated heterocycles. The lowest BCUT2D eigenvalue weighted by molar-refractivity contribution is 0.0383. The van der Waals surface area contributed by atoms with Gasteiger partial charge in [0.1, 0.15) is 6.10 Å². The predicted octanol–water partition coefficient (Wildman–Crippen LogP) is 3.28. The number of amides is 1. The molecule has 1 amide bonds. The number of nitrogens with zero attached hydrogens (tertiary/aromatic N) is 2. The maximum absolute atomic E-state index is 12.4. The van der Waals surface area contributed by atoms with Crippen LogP contribution in [0.1, 0.15) is 38.8 Å². The quantitative estimate of drug-likeness (QED) is 0.759. The molecule has 138 valence electrons. The highest BCUT2D eigenvalue weighted by Crippen LogP contribution is 2.25. The number of hydrogen-bond acceptors (Lipinski definition) is 3. The highest BCUT2D eigenvalue weighted by molar-refractivity contribution is 5.94. The van der Waals surface area contributed by atoms with E-state index in [1.54, 1.807) is 0 Å². The number of aromatic nitrogens is 2. The Balaban J connectivity index is 1.44. The van der Waals surface area contributed by atoms with Crippen LogP contribution >= 0.6 is 0 Å². The zero-order valence-electron chi connectivity index (χ0n) is 15.4. The molecular weight excluding hydrogens is 338 g/mol. The number of rotatable bonds is 5. The SMILES string of the molecule is Cc1cccc(C(=O)NCC2OCCc3cn(Cc4ccccc4)nc32)c1. The van der Waals surface area contributed by atoms with Crippen LogP contribution in [0, 0.1) is 6.92 Å². The van der Waals surface area contributed by atoms with E-state index in [1.165, 1.54) is 11.1 Å². The van der Waals surface area contributed by atoms with Crippen molar-refractivity contribution < 1.29 is 9.53 Å². The number of carbonyl (C=O) groups excluding carboxylic acids is 1.